The fourth-order valence-electron chi connectivity index (χ4n) is 1.43. The van der Waals surface area contributed by atoms with Crippen LogP contribution in [0.25, 0.3) is 0 Å². The van der Waals surface area contributed by atoms with Crippen molar-refractivity contribution in [2.45, 2.75) is 25.8 Å². The summed E-state index contributed by atoms with van der Waals surface area (Å²) in [7, 11) is 0. The van der Waals surface area contributed by atoms with Gasteiger partial charge in [-0.05, 0) is 13.3 Å². The fraction of sp³-hybridized carbons (Fsp3) is 0.625. The zero-order chi connectivity index (χ0) is 9.42. The SMILES string of the molecule is CCn1cc([C@H]2C[C@@H]2C(=O)O)nn1. The monoisotopic (exact) mass is 181 g/mol. The van der Waals surface area contributed by atoms with Crippen molar-refractivity contribution in [2.75, 3.05) is 0 Å². The van der Waals surface area contributed by atoms with Crippen LogP contribution in [-0.4, -0.2) is 26.1 Å². The highest BCUT2D eigenvalue weighted by atomic mass is 16.4. The summed E-state index contributed by atoms with van der Waals surface area (Å²) in [5, 5.41) is 16.5. The summed E-state index contributed by atoms with van der Waals surface area (Å²) in [5.74, 6) is -0.865. The maximum atomic E-state index is 10.6. The first kappa shape index (κ1) is 8.22. The van der Waals surface area contributed by atoms with E-state index in [2.05, 4.69) is 10.3 Å². The van der Waals surface area contributed by atoms with Gasteiger partial charge < -0.3 is 5.11 Å². The third kappa shape index (κ3) is 1.41. The largest absolute Gasteiger partial charge is 0.481 e. The minimum absolute atomic E-state index is 0.0952. The number of rotatable bonds is 3. The van der Waals surface area contributed by atoms with Gasteiger partial charge in [-0.1, -0.05) is 5.21 Å². The van der Waals surface area contributed by atoms with Gasteiger partial charge in [0.05, 0.1) is 11.6 Å². The molecule has 70 valence electrons. The summed E-state index contributed by atoms with van der Waals surface area (Å²) in [6.45, 7) is 2.75. The van der Waals surface area contributed by atoms with E-state index in [9.17, 15) is 4.79 Å². The molecule has 13 heavy (non-hydrogen) atoms. The smallest absolute Gasteiger partial charge is 0.307 e. The van der Waals surface area contributed by atoms with Crippen LogP contribution in [0.15, 0.2) is 6.20 Å². The Bertz CT molecular complexity index is 334. The number of hydrogen-bond donors (Lipinski definition) is 1. The lowest BCUT2D eigenvalue weighted by molar-refractivity contribution is -0.138. The molecule has 0 amide bonds. The van der Waals surface area contributed by atoms with Crippen LogP contribution in [0.2, 0.25) is 0 Å². The number of aliphatic carboxylic acids is 1. The third-order valence-electron chi connectivity index (χ3n) is 2.37. The van der Waals surface area contributed by atoms with Gasteiger partial charge in [0.2, 0.25) is 0 Å². The Morgan fingerprint density at radius 3 is 3.08 bits per heavy atom. The summed E-state index contributed by atoms with van der Waals surface area (Å²) in [6, 6.07) is 0. The molecule has 1 aromatic rings. The topological polar surface area (TPSA) is 68.0 Å². The Labute approximate surface area is 75.4 Å². The van der Waals surface area contributed by atoms with Gasteiger partial charge in [0.15, 0.2) is 0 Å². The molecule has 0 bridgehead atoms. The Morgan fingerprint density at radius 2 is 2.62 bits per heavy atom. The standard InChI is InChI=1S/C8H11N3O2/c1-2-11-4-7(9-10-11)5-3-6(5)8(12)13/h4-6H,2-3H2,1H3,(H,12,13)/t5-,6-/m0/s1. The van der Waals surface area contributed by atoms with Gasteiger partial charge in [0, 0.05) is 18.7 Å². The molecule has 2 rings (SSSR count). The van der Waals surface area contributed by atoms with Gasteiger partial charge in [-0.3, -0.25) is 9.48 Å². The van der Waals surface area contributed by atoms with Crippen molar-refractivity contribution < 1.29 is 9.90 Å². The first-order valence-corrected chi connectivity index (χ1v) is 4.35. The van der Waals surface area contributed by atoms with E-state index in [1.54, 1.807) is 4.68 Å². The first-order chi connectivity index (χ1) is 6.22. The van der Waals surface area contributed by atoms with Crippen molar-refractivity contribution in [3.63, 3.8) is 0 Å². The van der Waals surface area contributed by atoms with E-state index in [-0.39, 0.29) is 11.8 Å². The molecule has 0 radical (unpaired) electrons. The summed E-state index contributed by atoms with van der Waals surface area (Å²) < 4.78 is 1.71. The molecular weight excluding hydrogens is 170 g/mol. The van der Waals surface area contributed by atoms with Gasteiger partial charge in [0.25, 0.3) is 0 Å². The van der Waals surface area contributed by atoms with Crippen molar-refractivity contribution in [3.8, 4) is 0 Å². The highest BCUT2D eigenvalue weighted by Gasteiger charge is 2.45. The molecule has 2 atom stereocenters. The molecule has 5 nitrogen and oxygen atoms in total. The molecule has 1 fully saturated rings. The number of carboxylic acid groups (broad SMARTS) is 1. The molecule has 0 aromatic carbocycles. The minimum Gasteiger partial charge on any atom is -0.481 e. The summed E-state index contributed by atoms with van der Waals surface area (Å²) in [4.78, 5) is 10.6. The average Bonchev–Trinajstić information content (AvgIpc) is 2.78. The predicted molar refractivity (Wildman–Crippen MR) is 44.2 cm³/mol. The van der Waals surface area contributed by atoms with Gasteiger partial charge in [-0.15, -0.1) is 5.10 Å². The molecule has 1 heterocycles. The predicted octanol–water partition coefficient (Wildman–Crippen LogP) is 0.486. The van der Waals surface area contributed by atoms with Crippen molar-refractivity contribution >= 4 is 5.97 Å². The summed E-state index contributed by atoms with van der Waals surface area (Å²) in [5.41, 5.74) is 0.814. The molecule has 1 aliphatic rings. The lowest BCUT2D eigenvalue weighted by Gasteiger charge is -1.89. The number of nitrogens with zero attached hydrogens (tertiary/aromatic N) is 3. The average molecular weight is 181 g/mol. The third-order valence-corrected chi connectivity index (χ3v) is 2.37. The van der Waals surface area contributed by atoms with Crippen LogP contribution in [0, 0.1) is 5.92 Å². The molecular formula is C8H11N3O2. The molecule has 1 N–H and O–H groups in total. The highest BCUT2D eigenvalue weighted by Crippen LogP contribution is 2.46. The van der Waals surface area contributed by atoms with Crippen LogP contribution in [0.5, 0.6) is 0 Å². The number of hydrogen-bond acceptors (Lipinski definition) is 3. The fourth-order valence-corrected chi connectivity index (χ4v) is 1.43. The number of carbonyl (C=O) groups is 1. The van der Waals surface area contributed by atoms with E-state index in [0.717, 1.165) is 12.2 Å². The van der Waals surface area contributed by atoms with Crippen molar-refractivity contribution in [1.82, 2.24) is 15.0 Å². The molecule has 0 unspecified atom stereocenters. The normalized spacial score (nSPS) is 25.9. The first-order valence-electron chi connectivity index (χ1n) is 4.35. The van der Waals surface area contributed by atoms with Crippen LogP contribution in [0.3, 0.4) is 0 Å². The number of carboxylic acids is 1. The van der Waals surface area contributed by atoms with Crippen LogP contribution >= 0.6 is 0 Å². The molecule has 1 aliphatic carbocycles. The van der Waals surface area contributed by atoms with E-state index in [1.807, 2.05) is 13.1 Å². The van der Waals surface area contributed by atoms with Crippen molar-refractivity contribution in [1.29, 1.82) is 0 Å². The van der Waals surface area contributed by atoms with Crippen LogP contribution in [-0.2, 0) is 11.3 Å². The second-order valence-electron chi connectivity index (χ2n) is 3.29. The van der Waals surface area contributed by atoms with E-state index in [1.165, 1.54) is 0 Å². The van der Waals surface area contributed by atoms with E-state index in [4.69, 9.17) is 5.11 Å². The Balaban J connectivity index is 2.07. The summed E-state index contributed by atoms with van der Waals surface area (Å²) >= 11 is 0. The highest BCUT2D eigenvalue weighted by molar-refractivity contribution is 5.74. The Morgan fingerprint density at radius 1 is 1.85 bits per heavy atom. The van der Waals surface area contributed by atoms with Gasteiger partial charge in [-0.2, -0.15) is 0 Å². The van der Waals surface area contributed by atoms with Gasteiger partial charge in [0.1, 0.15) is 0 Å². The van der Waals surface area contributed by atoms with Crippen LogP contribution < -0.4 is 0 Å². The number of aryl methyl sites for hydroxylation is 1. The molecule has 0 saturated heterocycles. The molecule has 5 heteroatoms. The van der Waals surface area contributed by atoms with E-state index < -0.39 is 5.97 Å². The second kappa shape index (κ2) is 2.83. The zero-order valence-corrected chi connectivity index (χ0v) is 7.34. The van der Waals surface area contributed by atoms with Crippen LogP contribution in [0.1, 0.15) is 25.0 Å². The summed E-state index contributed by atoms with van der Waals surface area (Å²) in [6.07, 6.45) is 2.53. The maximum absolute atomic E-state index is 10.6. The molecule has 1 aromatic heterocycles. The molecule has 0 spiro atoms. The zero-order valence-electron chi connectivity index (χ0n) is 7.34. The van der Waals surface area contributed by atoms with E-state index >= 15 is 0 Å². The lowest BCUT2D eigenvalue weighted by Crippen LogP contribution is -1.98. The lowest BCUT2D eigenvalue weighted by atomic mass is 10.2. The van der Waals surface area contributed by atoms with Crippen molar-refractivity contribution in [2.24, 2.45) is 5.92 Å². The minimum atomic E-state index is -0.726. The van der Waals surface area contributed by atoms with Crippen molar-refractivity contribution in [3.05, 3.63) is 11.9 Å². The Kier molecular flexibility index (Phi) is 1.79. The van der Waals surface area contributed by atoms with Gasteiger partial charge in [-0.25, -0.2) is 0 Å². The Hall–Kier alpha value is -1.39. The molecule has 0 aliphatic heterocycles. The molecule has 1 saturated carbocycles. The van der Waals surface area contributed by atoms with Gasteiger partial charge >= 0.3 is 5.97 Å². The maximum Gasteiger partial charge on any atom is 0.307 e. The van der Waals surface area contributed by atoms with Crippen LogP contribution in [0.4, 0.5) is 0 Å². The van der Waals surface area contributed by atoms with E-state index in [0.29, 0.717) is 6.42 Å². The second-order valence-corrected chi connectivity index (χ2v) is 3.29. The quantitative estimate of drug-likeness (QED) is 0.736. The number of aromatic nitrogens is 3.